The zero-order valence-corrected chi connectivity index (χ0v) is 15.7. The Morgan fingerprint density at radius 2 is 1.64 bits per heavy atom. The van der Waals surface area contributed by atoms with Gasteiger partial charge < -0.3 is 5.32 Å². The van der Waals surface area contributed by atoms with E-state index in [9.17, 15) is 12.8 Å². The summed E-state index contributed by atoms with van der Waals surface area (Å²) in [4.78, 5) is 0.293. The number of halogens is 1. The molecular weight excluding hydrogens is 339 g/mol. The highest BCUT2D eigenvalue weighted by atomic mass is 32.2. The Kier molecular flexibility index (Phi) is 6.70. The molecule has 6 heteroatoms. The van der Waals surface area contributed by atoms with Gasteiger partial charge >= 0.3 is 0 Å². The molecule has 1 atom stereocenters. The van der Waals surface area contributed by atoms with E-state index in [1.165, 1.54) is 10.4 Å². The maximum atomic E-state index is 13.7. The zero-order valence-electron chi connectivity index (χ0n) is 14.9. The third kappa shape index (κ3) is 4.66. The fraction of sp³-hybridized carbons (Fsp3) is 0.368. The minimum Gasteiger partial charge on any atom is -0.306 e. The van der Waals surface area contributed by atoms with E-state index in [0.29, 0.717) is 30.1 Å². The molecule has 136 valence electrons. The summed E-state index contributed by atoms with van der Waals surface area (Å²) in [5.41, 5.74) is 1.56. The molecule has 2 aromatic carbocycles. The van der Waals surface area contributed by atoms with Crippen molar-refractivity contribution in [1.82, 2.24) is 9.62 Å². The summed E-state index contributed by atoms with van der Waals surface area (Å²) in [6.07, 6.45) is 0. The maximum absolute atomic E-state index is 13.7. The summed E-state index contributed by atoms with van der Waals surface area (Å²) >= 11 is 0. The molecule has 0 aromatic heterocycles. The lowest BCUT2D eigenvalue weighted by Gasteiger charge is -2.19. The van der Waals surface area contributed by atoms with Crippen molar-refractivity contribution in [2.24, 2.45) is 0 Å². The van der Waals surface area contributed by atoms with Crippen molar-refractivity contribution in [2.75, 3.05) is 13.1 Å². The molecule has 0 aliphatic carbocycles. The molecule has 0 unspecified atom stereocenters. The van der Waals surface area contributed by atoms with E-state index in [1.54, 1.807) is 42.5 Å². The lowest BCUT2D eigenvalue weighted by atomic mass is 10.1. The van der Waals surface area contributed by atoms with Crippen LogP contribution in [0.3, 0.4) is 0 Å². The number of hydrogen-bond donors (Lipinski definition) is 1. The SMILES string of the molecule is CCN(CC)S(=O)(=O)c1ccc([C@H](C)NCc2ccccc2F)cc1. The second-order valence-electron chi connectivity index (χ2n) is 5.85. The molecule has 0 amide bonds. The van der Waals surface area contributed by atoms with Crippen LogP contribution in [0.1, 0.15) is 37.9 Å². The summed E-state index contributed by atoms with van der Waals surface area (Å²) in [6.45, 7) is 6.92. The minimum absolute atomic E-state index is 0.0233. The highest BCUT2D eigenvalue weighted by Crippen LogP contribution is 2.20. The quantitative estimate of drug-likeness (QED) is 0.777. The standard InChI is InChI=1S/C19H25FN2O2S/c1-4-22(5-2)25(23,24)18-12-10-16(11-13-18)15(3)21-14-17-8-6-7-9-19(17)20/h6-13,15,21H,4-5,14H2,1-3H3/t15-/m0/s1. The van der Waals surface area contributed by atoms with Crippen LogP contribution in [0.5, 0.6) is 0 Å². The van der Waals surface area contributed by atoms with Crippen LogP contribution in [0.2, 0.25) is 0 Å². The summed E-state index contributed by atoms with van der Waals surface area (Å²) in [6, 6.07) is 13.5. The maximum Gasteiger partial charge on any atom is 0.243 e. The molecule has 2 aromatic rings. The van der Waals surface area contributed by atoms with Crippen LogP contribution >= 0.6 is 0 Å². The van der Waals surface area contributed by atoms with Gasteiger partial charge in [0.25, 0.3) is 0 Å². The molecule has 25 heavy (non-hydrogen) atoms. The van der Waals surface area contributed by atoms with Gasteiger partial charge in [-0.25, -0.2) is 12.8 Å². The van der Waals surface area contributed by atoms with Crippen molar-refractivity contribution in [1.29, 1.82) is 0 Å². The Hall–Kier alpha value is -1.76. The smallest absolute Gasteiger partial charge is 0.243 e. The second kappa shape index (κ2) is 8.56. The Morgan fingerprint density at radius 3 is 2.20 bits per heavy atom. The number of rotatable bonds is 8. The van der Waals surface area contributed by atoms with Crippen LogP contribution in [-0.4, -0.2) is 25.8 Å². The van der Waals surface area contributed by atoms with Gasteiger partial charge in [-0.15, -0.1) is 0 Å². The van der Waals surface area contributed by atoms with Gasteiger partial charge in [0.1, 0.15) is 5.82 Å². The summed E-state index contributed by atoms with van der Waals surface area (Å²) in [7, 11) is -3.44. The highest BCUT2D eigenvalue weighted by molar-refractivity contribution is 7.89. The average molecular weight is 364 g/mol. The minimum atomic E-state index is -3.44. The van der Waals surface area contributed by atoms with Gasteiger partial charge in [0.05, 0.1) is 4.90 Å². The fourth-order valence-electron chi connectivity index (χ4n) is 2.66. The first-order chi connectivity index (χ1) is 11.9. The van der Waals surface area contributed by atoms with Gasteiger partial charge in [-0.3, -0.25) is 0 Å². The van der Waals surface area contributed by atoms with E-state index in [0.717, 1.165) is 5.56 Å². The predicted octanol–water partition coefficient (Wildman–Crippen LogP) is 3.71. The number of benzene rings is 2. The molecular formula is C19H25FN2O2S. The van der Waals surface area contributed by atoms with Crippen LogP contribution in [0.4, 0.5) is 4.39 Å². The molecule has 0 fully saturated rings. The molecule has 4 nitrogen and oxygen atoms in total. The Morgan fingerprint density at radius 1 is 1.04 bits per heavy atom. The average Bonchev–Trinajstić information content (AvgIpc) is 2.61. The molecule has 0 aliphatic rings. The number of hydrogen-bond acceptors (Lipinski definition) is 3. The summed E-state index contributed by atoms with van der Waals surface area (Å²) in [5.74, 6) is -0.233. The summed E-state index contributed by atoms with van der Waals surface area (Å²) in [5, 5.41) is 3.26. The van der Waals surface area contributed by atoms with E-state index in [1.807, 2.05) is 20.8 Å². The Balaban J connectivity index is 2.08. The number of sulfonamides is 1. The third-order valence-electron chi connectivity index (χ3n) is 4.28. The van der Waals surface area contributed by atoms with E-state index in [2.05, 4.69) is 5.32 Å². The van der Waals surface area contributed by atoms with E-state index in [4.69, 9.17) is 0 Å². The number of nitrogens with zero attached hydrogens (tertiary/aromatic N) is 1. The lowest BCUT2D eigenvalue weighted by molar-refractivity contribution is 0.445. The van der Waals surface area contributed by atoms with Crippen molar-refractivity contribution in [3.05, 3.63) is 65.5 Å². The van der Waals surface area contributed by atoms with E-state index >= 15 is 0 Å². The van der Waals surface area contributed by atoms with Crippen molar-refractivity contribution < 1.29 is 12.8 Å². The van der Waals surface area contributed by atoms with Crippen molar-refractivity contribution in [2.45, 2.75) is 38.3 Å². The number of nitrogens with one attached hydrogen (secondary N) is 1. The van der Waals surface area contributed by atoms with E-state index < -0.39 is 10.0 Å². The van der Waals surface area contributed by atoms with Crippen LogP contribution in [0, 0.1) is 5.82 Å². The first-order valence-corrected chi connectivity index (χ1v) is 9.91. The van der Waals surface area contributed by atoms with Crippen molar-refractivity contribution in [3.63, 3.8) is 0 Å². The fourth-order valence-corrected chi connectivity index (χ4v) is 4.12. The topological polar surface area (TPSA) is 49.4 Å². The van der Waals surface area contributed by atoms with Crippen LogP contribution < -0.4 is 5.32 Å². The lowest BCUT2D eigenvalue weighted by Crippen LogP contribution is -2.30. The molecule has 0 aliphatic heterocycles. The predicted molar refractivity (Wildman–Crippen MR) is 98.2 cm³/mol. The van der Waals surface area contributed by atoms with Gasteiger partial charge in [-0.2, -0.15) is 4.31 Å². The van der Waals surface area contributed by atoms with Gasteiger partial charge in [0.15, 0.2) is 0 Å². The van der Waals surface area contributed by atoms with Crippen LogP contribution in [0.25, 0.3) is 0 Å². The van der Waals surface area contributed by atoms with Gasteiger partial charge in [-0.1, -0.05) is 44.2 Å². The molecule has 0 spiro atoms. The highest BCUT2D eigenvalue weighted by Gasteiger charge is 2.21. The molecule has 0 heterocycles. The molecule has 2 rings (SSSR count). The monoisotopic (exact) mass is 364 g/mol. The molecule has 0 saturated heterocycles. The first kappa shape index (κ1) is 19.6. The van der Waals surface area contributed by atoms with E-state index in [-0.39, 0.29) is 11.9 Å². The largest absolute Gasteiger partial charge is 0.306 e. The summed E-state index contributed by atoms with van der Waals surface area (Å²) < 4.78 is 40.1. The molecule has 1 N–H and O–H groups in total. The van der Waals surface area contributed by atoms with Crippen molar-refractivity contribution in [3.8, 4) is 0 Å². The van der Waals surface area contributed by atoms with Gasteiger partial charge in [0.2, 0.25) is 10.0 Å². The first-order valence-electron chi connectivity index (χ1n) is 8.47. The second-order valence-corrected chi connectivity index (χ2v) is 7.79. The molecule has 0 radical (unpaired) electrons. The normalized spacial score (nSPS) is 13.2. The van der Waals surface area contributed by atoms with Crippen LogP contribution in [-0.2, 0) is 16.6 Å². The molecule has 0 bridgehead atoms. The zero-order chi connectivity index (χ0) is 18.4. The third-order valence-corrected chi connectivity index (χ3v) is 6.34. The van der Waals surface area contributed by atoms with Gasteiger partial charge in [0, 0.05) is 31.2 Å². The van der Waals surface area contributed by atoms with Gasteiger partial charge in [-0.05, 0) is 30.7 Å². The Labute approximate surface area is 149 Å². The van der Waals surface area contributed by atoms with Crippen molar-refractivity contribution >= 4 is 10.0 Å². The molecule has 0 saturated carbocycles. The van der Waals surface area contributed by atoms with Crippen LogP contribution in [0.15, 0.2) is 53.4 Å². The Bertz CT molecular complexity index is 787.